The lowest BCUT2D eigenvalue weighted by atomic mass is 10.1. The van der Waals surface area contributed by atoms with Crippen molar-refractivity contribution in [2.24, 2.45) is 5.73 Å². The van der Waals surface area contributed by atoms with Gasteiger partial charge in [-0.05, 0) is 38.0 Å². The highest BCUT2D eigenvalue weighted by Crippen LogP contribution is 2.26. The minimum atomic E-state index is 0.140. The van der Waals surface area contributed by atoms with Gasteiger partial charge in [-0.3, -0.25) is 0 Å². The molecule has 1 aromatic carbocycles. The fourth-order valence-electron chi connectivity index (χ4n) is 2.64. The molecule has 0 aliphatic heterocycles. The molecule has 110 valence electrons. The number of nitrogens with two attached hydrogens (primary N) is 1. The van der Waals surface area contributed by atoms with Crippen LogP contribution in [0.3, 0.4) is 0 Å². The second-order valence-electron chi connectivity index (χ2n) is 5.48. The minimum Gasteiger partial charge on any atom is -0.341 e. The molecule has 0 aliphatic carbocycles. The van der Waals surface area contributed by atoms with Crippen LogP contribution in [-0.4, -0.2) is 15.6 Å². The first kappa shape index (κ1) is 14.6. The fraction of sp³-hybridized carbons (Fsp3) is 0.312. The molecular formula is C16H18ClN3S. The van der Waals surface area contributed by atoms with Gasteiger partial charge in [0.1, 0.15) is 0 Å². The molecule has 0 radical (unpaired) electrons. The van der Waals surface area contributed by atoms with E-state index < -0.39 is 0 Å². The van der Waals surface area contributed by atoms with Crippen LogP contribution in [0.4, 0.5) is 0 Å². The highest BCUT2D eigenvalue weighted by Gasteiger charge is 2.11. The summed E-state index contributed by atoms with van der Waals surface area (Å²) >= 11 is 7.84. The Bertz CT molecular complexity index is 773. The summed E-state index contributed by atoms with van der Waals surface area (Å²) in [5.41, 5.74) is 9.46. The largest absolute Gasteiger partial charge is 0.341 e. The molecule has 3 nitrogen and oxygen atoms in total. The van der Waals surface area contributed by atoms with E-state index in [-0.39, 0.29) is 6.04 Å². The third-order valence-electron chi connectivity index (χ3n) is 3.47. The molecule has 2 N–H and O–H groups in total. The van der Waals surface area contributed by atoms with Gasteiger partial charge in [0.25, 0.3) is 0 Å². The van der Waals surface area contributed by atoms with E-state index in [0.717, 1.165) is 34.2 Å². The molecule has 1 unspecified atom stereocenters. The summed E-state index contributed by atoms with van der Waals surface area (Å²) in [4.78, 5) is 4.55. The zero-order valence-electron chi connectivity index (χ0n) is 12.1. The molecule has 0 saturated heterocycles. The lowest BCUT2D eigenvalue weighted by molar-refractivity contribution is 0.733. The van der Waals surface area contributed by atoms with Crippen molar-refractivity contribution in [2.45, 2.75) is 32.9 Å². The van der Waals surface area contributed by atoms with Gasteiger partial charge < -0.3 is 10.3 Å². The monoisotopic (exact) mass is 319 g/mol. The number of nitrogens with zero attached hydrogens (tertiary/aromatic N) is 2. The van der Waals surface area contributed by atoms with E-state index in [1.807, 2.05) is 26.0 Å². The van der Waals surface area contributed by atoms with Crippen LogP contribution in [0.5, 0.6) is 0 Å². The molecule has 3 aromatic rings. The molecule has 21 heavy (non-hydrogen) atoms. The quantitative estimate of drug-likeness (QED) is 0.790. The third-order valence-corrected chi connectivity index (χ3v) is 4.53. The molecule has 0 aliphatic rings. The van der Waals surface area contributed by atoms with Crippen molar-refractivity contribution in [1.82, 2.24) is 9.55 Å². The molecule has 1 atom stereocenters. The number of hydrogen-bond donors (Lipinski definition) is 1. The molecular weight excluding hydrogens is 302 g/mol. The van der Waals surface area contributed by atoms with Gasteiger partial charge in [0, 0.05) is 28.0 Å². The van der Waals surface area contributed by atoms with Crippen LogP contribution in [0.1, 0.15) is 23.2 Å². The maximum atomic E-state index is 6.16. The van der Waals surface area contributed by atoms with Crippen LogP contribution in [0, 0.1) is 6.92 Å². The van der Waals surface area contributed by atoms with Crippen molar-refractivity contribution in [3.63, 3.8) is 0 Å². The van der Waals surface area contributed by atoms with Gasteiger partial charge >= 0.3 is 0 Å². The van der Waals surface area contributed by atoms with E-state index in [4.69, 9.17) is 17.3 Å². The number of aryl methyl sites for hydroxylation is 1. The van der Waals surface area contributed by atoms with Crippen LogP contribution in [0.2, 0.25) is 5.02 Å². The molecule has 0 saturated carbocycles. The Kier molecular flexibility index (Phi) is 4.02. The molecule has 0 bridgehead atoms. The average Bonchev–Trinajstić information content (AvgIpc) is 2.95. The van der Waals surface area contributed by atoms with Crippen molar-refractivity contribution in [1.29, 1.82) is 0 Å². The van der Waals surface area contributed by atoms with Crippen molar-refractivity contribution in [2.75, 3.05) is 0 Å². The number of halogens is 1. The van der Waals surface area contributed by atoms with Crippen LogP contribution in [0.15, 0.2) is 29.8 Å². The Labute approximate surface area is 133 Å². The van der Waals surface area contributed by atoms with Gasteiger partial charge in [0.15, 0.2) is 0 Å². The zero-order valence-corrected chi connectivity index (χ0v) is 13.7. The first-order chi connectivity index (χ1) is 10.0. The summed E-state index contributed by atoms with van der Waals surface area (Å²) < 4.78 is 2.22. The molecule has 2 heterocycles. The summed E-state index contributed by atoms with van der Waals surface area (Å²) in [5, 5.41) is 5.18. The van der Waals surface area contributed by atoms with Gasteiger partial charge in [-0.2, -0.15) is 0 Å². The highest BCUT2D eigenvalue weighted by atomic mass is 35.5. The van der Waals surface area contributed by atoms with Gasteiger partial charge in [0.2, 0.25) is 0 Å². The standard InChI is InChI=1S/C16H18ClN3S/c1-10(18)5-12-7-20(8-14-9-21-11(2)19-14)16-6-13(17)3-4-15(12)16/h3-4,6-7,9-10H,5,8,18H2,1-2H3. The predicted molar refractivity (Wildman–Crippen MR) is 90.3 cm³/mol. The van der Waals surface area contributed by atoms with Gasteiger partial charge in [0.05, 0.1) is 22.8 Å². The first-order valence-corrected chi connectivity index (χ1v) is 8.22. The van der Waals surface area contributed by atoms with Crippen molar-refractivity contribution >= 4 is 33.8 Å². The van der Waals surface area contributed by atoms with Gasteiger partial charge in [-0.25, -0.2) is 4.98 Å². The van der Waals surface area contributed by atoms with E-state index in [9.17, 15) is 0 Å². The molecule has 3 rings (SSSR count). The van der Waals surface area contributed by atoms with Crippen molar-refractivity contribution in [3.8, 4) is 0 Å². The number of hydrogen-bond acceptors (Lipinski definition) is 3. The number of thiazole rings is 1. The summed E-state index contributed by atoms with van der Waals surface area (Å²) in [7, 11) is 0. The number of benzene rings is 1. The van der Waals surface area contributed by atoms with E-state index in [0.29, 0.717) is 0 Å². The van der Waals surface area contributed by atoms with Crippen LogP contribution < -0.4 is 5.73 Å². The Morgan fingerprint density at radius 3 is 2.90 bits per heavy atom. The van der Waals surface area contributed by atoms with E-state index in [2.05, 4.69) is 27.2 Å². The second-order valence-corrected chi connectivity index (χ2v) is 6.98. The minimum absolute atomic E-state index is 0.140. The van der Waals surface area contributed by atoms with Crippen LogP contribution >= 0.6 is 22.9 Å². The fourth-order valence-corrected chi connectivity index (χ4v) is 3.41. The number of fused-ring (bicyclic) bond motifs is 1. The topological polar surface area (TPSA) is 43.8 Å². The van der Waals surface area contributed by atoms with Crippen LogP contribution in [0.25, 0.3) is 10.9 Å². The Morgan fingerprint density at radius 1 is 1.43 bits per heavy atom. The normalized spacial score (nSPS) is 13.0. The smallest absolute Gasteiger partial charge is 0.0898 e. The molecule has 0 amide bonds. The lowest BCUT2D eigenvalue weighted by Gasteiger charge is -2.03. The average molecular weight is 320 g/mol. The maximum absolute atomic E-state index is 6.16. The molecule has 5 heteroatoms. The summed E-state index contributed by atoms with van der Waals surface area (Å²) in [6.07, 6.45) is 3.04. The summed E-state index contributed by atoms with van der Waals surface area (Å²) in [6.45, 7) is 4.82. The number of aromatic nitrogens is 2. The predicted octanol–water partition coefficient (Wildman–Crippen LogP) is 4.00. The highest BCUT2D eigenvalue weighted by molar-refractivity contribution is 7.09. The van der Waals surface area contributed by atoms with E-state index >= 15 is 0 Å². The van der Waals surface area contributed by atoms with Gasteiger partial charge in [-0.15, -0.1) is 11.3 Å². The molecule has 0 spiro atoms. The summed E-state index contributed by atoms with van der Waals surface area (Å²) in [5.74, 6) is 0. The number of rotatable bonds is 4. The summed E-state index contributed by atoms with van der Waals surface area (Å²) in [6, 6.07) is 6.17. The second kappa shape index (κ2) is 5.79. The molecule has 0 fully saturated rings. The first-order valence-electron chi connectivity index (χ1n) is 6.97. The van der Waals surface area contributed by atoms with E-state index in [1.54, 1.807) is 11.3 Å². The SMILES string of the molecule is Cc1nc(Cn2cc(CC(C)N)c3ccc(Cl)cc32)cs1. The lowest BCUT2D eigenvalue weighted by Crippen LogP contribution is -2.17. The van der Waals surface area contributed by atoms with Gasteiger partial charge in [-0.1, -0.05) is 17.7 Å². The van der Waals surface area contributed by atoms with Crippen molar-refractivity contribution < 1.29 is 0 Å². The molecule has 2 aromatic heterocycles. The van der Waals surface area contributed by atoms with Crippen molar-refractivity contribution in [3.05, 3.63) is 51.1 Å². The zero-order chi connectivity index (χ0) is 15.0. The Morgan fingerprint density at radius 2 is 2.24 bits per heavy atom. The maximum Gasteiger partial charge on any atom is 0.0898 e. The third kappa shape index (κ3) is 3.12. The van der Waals surface area contributed by atoms with Crippen LogP contribution in [-0.2, 0) is 13.0 Å². The Hall–Kier alpha value is -1.36. The Balaban J connectivity index is 2.06. The van der Waals surface area contributed by atoms with E-state index in [1.165, 1.54) is 10.9 Å².